The molecule has 1 aromatic rings. The molecule has 1 atom stereocenters. The minimum absolute atomic E-state index is 0.187. The van der Waals surface area contributed by atoms with Gasteiger partial charge in [0.1, 0.15) is 0 Å². The highest BCUT2D eigenvalue weighted by Gasteiger charge is 2.25. The molecular formula is C10H16N2O2S2. The Bertz CT molecular complexity index is 479. The van der Waals surface area contributed by atoms with Crippen molar-refractivity contribution in [2.45, 2.75) is 25.0 Å². The molecule has 0 radical (unpaired) electrons. The highest BCUT2D eigenvalue weighted by Crippen LogP contribution is 2.30. The number of thiazole rings is 1. The number of hydrogen-bond acceptors (Lipinski definition) is 5. The molecule has 0 bridgehead atoms. The van der Waals surface area contributed by atoms with Crippen LogP contribution in [-0.4, -0.2) is 32.7 Å². The molecular weight excluding hydrogens is 244 g/mol. The molecule has 0 spiro atoms. The van der Waals surface area contributed by atoms with Crippen molar-refractivity contribution in [1.29, 1.82) is 0 Å². The summed E-state index contributed by atoms with van der Waals surface area (Å²) in [5.74, 6) is 0.791. The van der Waals surface area contributed by atoms with Crippen LogP contribution in [0.3, 0.4) is 0 Å². The lowest BCUT2D eigenvalue weighted by molar-refractivity contribution is 0.591. The van der Waals surface area contributed by atoms with Gasteiger partial charge in [0.05, 0.1) is 22.2 Å². The minimum atomic E-state index is -2.87. The van der Waals surface area contributed by atoms with Crippen LogP contribution < -0.4 is 5.32 Å². The number of likely N-dealkylation sites (N-methyl/N-ethyl adjacent to an activating group) is 1. The molecule has 0 fully saturated rings. The fourth-order valence-corrected chi connectivity index (χ4v) is 4.79. The SMILES string of the molecule is CNCC(C)c1nc2c(s1)CS(=O)(=O)CC2. The van der Waals surface area contributed by atoms with E-state index in [4.69, 9.17) is 0 Å². The van der Waals surface area contributed by atoms with Crippen LogP contribution in [0.4, 0.5) is 0 Å². The Balaban J connectivity index is 2.25. The molecule has 1 aliphatic rings. The summed E-state index contributed by atoms with van der Waals surface area (Å²) < 4.78 is 23.0. The molecule has 0 aliphatic carbocycles. The lowest BCUT2D eigenvalue weighted by atomic mass is 10.2. The van der Waals surface area contributed by atoms with Crippen LogP contribution >= 0.6 is 11.3 Å². The molecule has 1 unspecified atom stereocenters. The van der Waals surface area contributed by atoms with E-state index in [2.05, 4.69) is 17.2 Å². The predicted octanol–water partition coefficient (Wildman–Crippen LogP) is 0.937. The summed E-state index contributed by atoms with van der Waals surface area (Å²) in [5, 5.41) is 4.16. The third-order valence-corrected chi connectivity index (χ3v) is 5.79. The lowest BCUT2D eigenvalue weighted by Gasteiger charge is -2.09. The summed E-state index contributed by atoms with van der Waals surface area (Å²) in [6.07, 6.45) is 0.584. The molecule has 6 heteroatoms. The monoisotopic (exact) mass is 260 g/mol. The number of rotatable bonds is 3. The first kappa shape index (κ1) is 12.0. The summed E-state index contributed by atoms with van der Waals surface area (Å²) >= 11 is 1.56. The highest BCUT2D eigenvalue weighted by atomic mass is 32.2. The molecule has 0 saturated heterocycles. The molecule has 2 heterocycles. The van der Waals surface area contributed by atoms with Crippen LogP contribution in [0.15, 0.2) is 0 Å². The van der Waals surface area contributed by atoms with Gasteiger partial charge in [-0.1, -0.05) is 6.92 Å². The third kappa shape index (κ3) is 2.44. The third-order valence-electron chi connectivity index (χ3n) is 2.73. The van der Waals surface area contributed by atoms with Gasteiger partial charge in [-0.05, 0) is 7.05 Å². The van der Waals surface area contributed by atoms with E-state index in [-0.39, 0.29) is 11.5 Å². The van der Waals surface area contributed by atoms with Crippen LogP contribution in [-0.2, 0) is 22.0 Å². The van der Waals surface area contributed by atoms with Crippen LogP contribution in [0.2, 0.25) is 0 Å². The maximum absolute atomic E-state index is 11.5. The highest BCUT2D eigenvalue weighted by molar-refractivity contribution is 7.90. The molecule has 0 aromatic carbocycles. The van der Waals surface area contributed by atoms with E-state index in [0.717, 1.165) is 22.1 Å². The van der Waals surface area contributed by atoms with Gasteiger partial charge in [0.2, 0.25) is 0 Å². The normalized spacial score (nSPS) is 20.4. The fourth-order valence-electron chi connectivity index (χ4n) is 1.84. The van der Waals surface area contributed by atoms with Crippen molar-refractivity contribution in [2.24, 2.45) is 0 Å². The summed E-state index contributed by atoms with van der Waals surface area (Å²) in [7, 11) is -0.955. The fraction of sp³-hybridized carbons (Fsp3) is 0.700. The smallest absolute Gasteiger partial charge is 0.155 e. The summed E-state index contributed by atoms with van der Waals surface area (Å²) in [6, 6.07) is 0. The van der Waals surface area contributed by atoms with Crippen molar-refractivity contribution in [3.05, 3.63) is 15.6 Å². The predicted molar refractivity (Wildman–Crippen MR) is 65.7 cm³/mol. The molecule has 4 nitrogen and oxygen atoms in total. The molecule has 1 aliphatic heterocycles. The van der Waals surface area contributed by atoms with E-state index in [1.165, 1.54) is 0 Å². The first-order chi connectivity index (χ1) is 7.52. The van der Waals surface area contributed by atoms with Gasteiger partial charge in [0.25, 0.3) is 0 Å². The minimum Gasteiger partial charge on any atom is -0.319 e. The Morgan fingerprint density at radius 3 is 3.00 bits per heavy atom. The molecule has 90 valence electrons. The zero-order valence-corrected chi connectivity index (χ0v) is 11.1. The number of aryl methyl sites for hydroxylation is 1. The zero-order valence-electron chi connectivity index (χ0n) is 9.49. The van der Waals surface area contributed by atoms with E-state index < -0.39 is 9.84 Å². The van der Waals surface area contributed by atoms with E-state index in [9.17, 15) is 8.42 Å². The van der Waals surface area contributed by atoms with Crippen molar-refractivity contribution < 1.29 is 8.42 Å². The maximum Gasteiger partial charge on any atom is 0.155 e. The number of aromatic nitrogens is 1. The number of nitrogens with zero attached hydrogens (tertiary/aromatic N) is 1. The van der Waals surface area contributed by atoms with Gasteiger partial charge in [-0.15, -0.1) is 11.3 Å². The Morgan fingerprint density at radius 2 is 2.31 bits per heavy atom. The van der Waals surface area contributed by atoms with Crippen molar-refractivity contribution in [1.82, 2.24) is 10.3 Å². The van der Waals surface area contributed by atoms with Gasteiger partial charge < -0.3 is 5.32 Å². The van der Waals surface area contributed by atoms with Gasteiger partial charge in [-0.2, -0.15) is 0 Å². The van der Waals surface area contributed by atoms with Crippen molar-refractivity contribution in [2.75, 3.05) is 19.3 Å². The molecule has 0 saturated carbocycles. The van der Waals surface area contributed by atoms with Crippen molar-refractivity contribution in [3.8, 4) is 0 Å². The standard InChI is InChI=1S/C10H16N2O2S2/c1-7(5-11-2)10-12-8-3-4-16(13,14)6-9(8)15-10/h7,11H,3-6H2,1-2H3. The molecule has 1 N–H and O–H groups in total. The summed E-state index contributed by atoms with van der Waals surface area (Å²) in [4.78, 5) is 5.50. The second kappa shape index (κ2) is 4.43. The number of hydrogen-bond donors (Lipinski definition) is 1. The number of nitrogens with one attached hydrogen (secondary N) is 1. The number of sulfone groups is 1. The maximum atomic E-state index is 11.5. The lowest BCUT2D eigenvalue weighted by Crippen LogP contribution is -2.17. The van der Waals surface area contributed by atoms with Gasteiger partial charge in [0.15, 0.2) is 9.84 Å². The van der Waals surface area contributed by atoms with Crippen molar-refractivity contribution >= 4 is 21.2 Å². The summed E-state index contributed by atoms with van der Waals surface area (Å²) in [6.45, 7) is 2.98. The van der Waals surface area contributed by atoms with Crippen LogP contribution in [0.5, 0.6) is 0 Å². The average molecular weight is 260 g/mol. The number of fused-ring (bicyclic) bond motifs is 1. The topological polar surface area (TPSA) is 59.1 Å². The van der Waals surface area contributed by atoms with Gasteiger partial charge in [-0.25, -0.2) is 13.4 Å². The van der Waals surface area contributed by atoms with E-state index in [1.807, 2.05) is 7.05 Å². The second-order valence-corrected chi connectivity index (χ2v) is 7.52. The van der Waals surface area contributed by atoms with Gasteiger partial charge in [0, 0.05) is 23.8 Å². The van der Waals surface area contributed by atoms with Crippen LogP contribution in [0.25, 0.3) is 0 Å². The Labute approximate surface area is 100 Å². The first-order valence-electron chi connectivity index (χ1n) is 5.35. The van der Waals surface area contributed by atoms with Gasteiger partial charge in [-0.3, -0.25) is 0 Å². The largest absolute Gasteiger partial charge is 0.319 e. The zero-order chi connectivity index (χ0) is 11.8. The first-order valence-corrected chi connectivity index (χ1v) is 7.99. The summed E-state index contributed by atoms with van der Waals surface area (Å²) in [5.41, 5.74) is 0.998. The van der Waals surface area contributed by atoms with E-state index in [1.54, 1.807) is 11.3 Å². The molecule has 2 rings (SSSR count). The van der Waals surface area contributed by atoms with Crippen molar-refractivity contribution in [3.63, 3.8) is 0 Å². The quantitative estimate of drug-likeness (QED) is 0.878. The molecule has 0 amide bonds. The second-order valence-electron chi connectivity index (χ2n) is 4.22. The Morgan fingerprint density at radius 1 is 1.56 bits per heavy atom. The average Bonchev–Trinajstić information content (AvgIpc) is 2.59. The van der Waals surface area contributed by atoms with Crippen LogP contribution in [0.1, 0.15) is 28.4 Å². The van der Waals surface area contributed by atoms with Crippen LogP contribution in [0, 0.1) is 0 Å². The van der Waals surface area contributed by atoms with Gasteiger partial charge >= 0.3 is 0 Å². The van der Waals surface area contributed by atoms with E-state index in [0.29, 0.717) is 12.3 Å². The Hall–Kier alpha value is -0.460. The molecule has 16 heavy (non-hydrogen) atoms. The Kier molecular flexibility index (Phi) is 3.32. The molecule has 1 aromatic heterocycles. The van der Waals surface area contributed by atoms with E-state index >= 15 is 0 Å².